The summed E-state index contributed by atoms with van der Waals surface area (Å²) >= 11 is 0. The first-order chi connectivity index (χ1) is 8.24. The molecule has 1 rings (SSSR count). The first-order valence-electron chi connectivity index (χ1n) is 6.82. The van der Waals surface area contributed by atoms with E-state index in [1.807, 2.05) is 0 Å². The zero-order valence-corrected chi connectivity index (χ0v) is 12.4. The molecule has 0 bridgehead atoms. The lowest BCUT2D eigenvalue weighted by Crippen LogP contribution is -2.49. The highest BCUT2D eigenvalue weighted by molar-refractivity contribution is 5.85. The first kappa shape index (κ1) is 17.7. The second kappa shape index (κ2) is 10.6. The van der Waals surface area contributed by atoms with Gasteiger partial charge in [0, 0.05) is 12.6 Å². The van der Waals surface area contributed by atoms with E-state index >= 15 is 0 Å². The number of carbonyl (C=O) groups excluding carboxylic acids is 1. The molecule has 0 aromatic carbocycles. The summed E-state index contributed by atoms with van der Waals surface area (Å²) in [6.07, 6.45) is 4.42. The van der Waals surface area contributed by atoms with E-state index in [0.29, 0.717) is 18.6 Å². The summed E-state index contributed by atoms with van der Waals surface area (Å²) in [5.74, 6) is 0.535. The van der Waals surface area contributed by atoms with Crippen LogP contribution in [-0.4, -0.2) is 38.3 Å². The van der Waals surface area contributed by atoms with Crippen LogP contribution < -0.4 is 10.6 Å². The van der Waals surface area contributed by atoms with Gasteiger partial charge in [0.15, 0.2) is 0 Å². The molecule has 0 radical (unpaired) electrons. The summed E-state index contributed by atoms with van der Waals surface area (Å²) < 4.78 is 5.35. The van der Waals surface area contributed by atoms with Gasteiger partial charge in [-0.25, -0.2) is 0 Å². The Labute approximate surface area is 117 Å². The molecule has 0 saturated carbocycles. The Hall–Kier alpha value is -0.320. The maximum absolute atomic E-state index is 11.6. The second-order valence-electron chi connectivity index (χ2n) is 4.90. The summed E-state index contributed by atoms with van der Waals surface area (Å²) in [5, 5.41) is 6.38. The second-order valence-corrected chi connectivity index (χ2v) is 4.90. The zero-order chi connectivity index (χ0) is 12.5. The molecule has 2 unspecified atom stereocenters. The van der Waals surface area contributed by atoms with Crippen LogP contribution in [0.25, 0.3) is 0 Å². The van der Waals surface area contributed by atoms with E-state index in [1.54, 1.807) is 0 Å². The van der Waals surface area contributed by atoms with Crippen LogP contribution in [0.3, 0.4) is 0 Å². The molecule has 0 spiro atoms. The van der Waals surface area contributed by atoms with Crippen molar-refractivity contribution in [3.8, 4) is 0 Å². The first-order valence-corrected chi connectivity index (χ1v) is 6.82. The number of amides is 1. The lowest BCUT2D eigenvalue weighted by atomic mass is 9.95. The van der Waals surface area contributed by atoms with Crippen LogP contribution in [0.15, 0.2) is 0 Å². The van der Waals surface area contributed by atoms with E-state index in [0.717, 1.165) is 25.9 Å². The number of hydrogen-bond acceptors (Lipinski definition) is 3. The predicted molar refractivity (Wildman–Crippen MR) is 76.2 cm³/mol. The lowest BCUT2D eigenvalue weighted by molar-refractivity contribution is -0.127. The van der Waals surface area contributed by atoms with Crippen LogP contribution in [0.2, 0.25) is 0 Å². The topological polar surface area (TPSA) is 50.4 Å². The van der Waals surface area contributed by atoms with Crippen LogP contribution in [0.4, 0.5) is 0 Å². The van der Waals surface area contributed by atoms with Crippen LogP contribution >= 0.6 is 12.4 Å². The number of unbranched alkanes of at least 4 members (excludes halogenated alkanes) is 2. The number of piperidine rings is 1. The van der Waals surface area contributed by atoms with E-state index in [-0.39, 0.29) is 24.9 Å². The van der Waals surface area contributed by atoms with Crippen LogP contribution in [0.1, 0.15) is 39.5 Å². The number of halogens is 1. The Morgan fingerprint density at radius 2 is 2.22 bits per heavy atom. The van der Waals surface area contributed by atoms with Crippen molar-refractivity contribution in [3.05, 3.63) is 0 Å². The summed E-state index contributed by atoms with van der Waals surface area (Å²) in [4.78, 5) is 11.6. The van der Waals surface area contributed by atoms with Crippen molar-refractivity contribution in [1.82, 2.24) is 10.6 Å². The average molecular weight is 279 g/mol. The number of rotatable bonds is 7. The minimum Gasteiger partial charge on any atom is -0.372 e. The third-order valence-corrected chi connectivity index (χ3v) is 3.26. The number of hydrogen-bond donors (Lipinski definition) is 2. The van der Waals surface area contributed by atoms with Crippen LogP contribution in [0, 0.1) is 5.92 Å². The zero-order valence-electron chi connectivity index (χ0n) is 11.5. The SMILES string of the molecule is CCCCCOCC(=O)NC1CCNCC1C.Cl. The Balaban J connectivity index is 0.00000289. The van der Waals surface area contributed by atoms with Gasteiger partial charge in [0.2, 0.25) is 5.91 Å². The minimum atomic E-state index is 0. The molecule has 108 valence electrons. The van der Waals surface area contributed by atoms with Crippen molar-refractivity contribution in [2.75, 3.05) is 26.3 Å². The summed E-state index contributed by atoms with van der Waals surface area (Å²) in [6.45, 7) is 7.21. The monoisotopic (exact) mass is 278 g/mol. The fourth-order valence-corrected chi connectivity index (χ4v) is 2.10. The molecule has 2 N–H and O–H groups in total. The normalized spacial score (nSPS) is 23.2. The Bertz CT molecular complexity index is 227. The molecule has 2 atom stereocenters. The third-order valence-electron chi connectivity index (χ3n) is 3.26. The highest BCUT2D eigenvalue weighted by Crippen LogP contribution is 2.09. The minimum absolute atomic E-state index is 0. The fourth-order valence-electron chi connectivity index (χ4n) is 2.10. The van der Waals surface area contributed by atoms with Gasteiger partial charge in [0.1, 0.15) is 6.61 Å². The molecule has 1 fully saturated rings. The van der Waals surface area contributed by atoms with Gasteiger partial charge >= 0.3 is 0 Å². The molecule has 18 heavy (non-hydrogen) atoms. The molecule has 1 heterocycles. The quantitative estimate of drug-likeness (QED) is 0.698. The van der Waals surface area contributed by atoms with Gasteiger partial charge in [-0.05, 0) is 31.8 Å². The van der Waals surface area contributed by atoms with Gasteiger partial charge < -0.3 is 15.4 Å². The van der Waals surface area contributed by atoms with E-state index in [4.69, 9.17) is 4.74 Å². The van der Waals surface area contributed by atoms with Crippen molar-refractivity contribution >= 4 is 18.3 Å². The van der Waals surface area contributed by atoms with Gasteiger partial charge in [-0.1, -0.05) is 26.7 Å². The molecule has 1 aliphatic rings. The summed E-state index contributed by atoms with van der Waals surface area (Å²) in [5.41, 5.74) is 0. The van der Waals surface area contributed by atoms with Gasteiger partial charge in [0.25, 0.3) is 0 Å². The number of nitrogens with one attached hydrogen (secondary N) is 2. The van der Waals surface area contributed by atoms with Crippen molar-refractivity contribution < 1.29 is 9.53 Å². The fraction of sp³-hybridized carbons (Fsp3) is 0.923. The highest BCUT2D eigenvalue weighted by atomic mass is 35.5. The van der Waals surface area contributed by atoms with Crippen molar-refractivity contribution in [1.29, 1.82) is 0 Å². The predicted octanol–water partition coefficient (Wildman–Crippen LogP) is 1.73. The Morgan fingerprint density at radius 3 is 2.89 bits per heavy atom. The van der Waals surface area contributed by atoms with Crippen LogP contribution in [0.5, 0.6) is 0 Å². The highest BCUT2D eigenvalue weighted by Gasteiger charge is 2.22. The molecular weight excluding hydrogens is 252 g/mol. The lowest BCUT2D eigenvalue weighted by Gasteiger charge is -2.30. The number of ether oxygens (including phenoxy) is 1. The van der Waals surface area contributed by atoms with Gasteiger partial charge in [-0.3, -0.25) is 4.79 Å². The molecule has 5 heteroatoms. The molecule has 1 amide bonds. The maximum Gasteiger partial charge on any atom is 0.246 e. The summed E-state index contributed by atoms with van der Waals surface area (Å²) in [7, 11) is 0. The standard InChI is InChI=1S/C13H26N2O2.ClH/c1-3-4-5-8-17-10-13(16)15-12-6-7-14-9-11(12)2;/h11-12,14H,3-10H2,1-2H3,(H,15,16);1H. The molecule has 0 aliphatic carbocycles. The van der Waals surface area contributed by atoms with E-state index in [2.05, 4.69) is 24.5 Å². The van der Waals surface area contributed by atoms with Crippen molar-refractivity contribution in [3.63, 3.8) is 0 Å². The molecule has 1 saturated heterocycles. The Morgan fingerprint density at radius 1 is 1.44 bits per heavy atom. The third kappa shape index (κ3) is 7.19. The Kier molecular flexibility index (Phi) is 10.4. The van der Waals surface area contributed by atoms with Crippen molar-refractivity contribution in [2.45, 2.75) is 45.6 Å². The molecule has 1 aliphatic heterocycles. The van der Waals surface area contributed by atoms with Gasteiger partial charge in [0.05, 0.1) is 0 Å². The molecule has 0 aromatic rings. The smallest absolute Gasteiger partial charge is 0.246 e. The molecular formula is C13H27ClN2O2. The summed E-state index contributed by atoms with van der Waals surface area (Å²) in [6, 6.07) is 0.308. The maximum atomic E-state index is 11.6. The molecule has 0 aromatic heterocycles. The number of carbonyl (C=O) groups is 1. The van der Waals surface area contributed by atoms with Crippen molar-refractivity contribution in [2.24, 2.45) is 5.92 Å². The van der Waals surface area contributed by atoms with E-state index in [9.17, 15) is 4.79 Å². The van der Waals surface area contributed by atoms with Gasteiger partial charge in [-0.2, -0.15) is 0 Å². The molecule has 4 nitrogen and oxygen atoms in total. The van der Waals surface area contributed by atoms with Crippen LogP contribution in [-0.2, 0) is 9.53 Å². The largest absolute Gasteiger partial charge is 0.372 e. The van der Waals surface area contributed by atoms with E-state index < -0.39 is 0 Å². The van der Waals surface area contributed by atoms with Gasteiger partial charge in [-0.15, -0.1) is 12.4 Å². The average Bonchev–Trinajstić information content (AvgIpc) is 2.32. The van der Waals surface area contributed by atoms with E-state index in [1.165, 1.54) is 12.8 Å².